The highest BCUT2D eigenvalue weighted by molar-refractivity contribution is 9.10. The lowest BCUT2D eigenvalue weighted by molar-refractivity contribution is -0.121. The van der Waals surface area contributed by atoms with Crippen LogP contribution in [0.3, 0.4) is 0 Å². The summed E-state index contributed by atoms with van der Waals surface area (Å²) >= 11 is 3.39. The number of nitrogens with one attached hydrogen (secondary N) is 1. The molecule has 0 bridgehead atoms. The molecule has 2 unspecified atom stereocenters. The van der Waals surface area contributed by atoms with Crippen molar-refractivity contribution in [2.24, 2.45) is 5.92 Å². The third-order valence-corrected chi connectivity index (χ3v) is 3.53. The molecule has 1 saturated heterocycles. The fourth-order valence-corrected chi connectivity index (χ4v) is 2.55. The van der Waals surface area contributed by atoms with Gasteiger partial charge in [-0.1, -0.05) is 28.9 Å². The van der Waals surface area contributed by atoms with Crippen molar-refractivity contribution in [3.63, 3.8) is 0 Å². The number of benzene rings is 1. The first-order valence-corrected chi connectivity index (χ1v) is 6.68. The topological polar surface area (TPSA) is 38.3 Å². The van der Waals surface area contributed by atoms with Crippen molar-refractivity contribution in [2.45, 2.75) is 25.9 Å². The SMILES string of the molecule is CCC1OCCC1C(=O)Nc1cccc(Br)c1. The summed E-state index contributed by atoms with van der Waals surface area (Å²) in [5.74, 6) is 0.0476. The Morgan fingerprint density at radius 2 is 2.41 bits per heavy atom. The zero-order valence-corrected chi connectivity index (χ0v) is 11.4. The van der Waals surface area contributed by atoms with Crippen molar-refractivity contribution in [2.75, 3.05) is 11.9 Å². The molecule has 1 fully saturated rings. The van der Waals surface area contributed by atoms with Crippen molar-refractivity contribution < 1.29 is 9.53 Å². The van der Waals surface area contributed by atoms with Crippen molar-refractivity contribution in [3.05, 3.63) is 28.7 Å². The van der Waals surface area contributed by atoms with Gasteiger partial charge >= 0.3 is 0 Å². The molecule has 0 aromatic heterocycles. The molecule has 2 atom stereocenters. The van der Waals surface area contributed by atoms with E-state index in [-0.39, 0.29) is 17.9 Å². The number of hydrogen-bond acceptors (Lipinski definition) is 2. The minimum Gasteiger partial charge on any atom is -0.377 e. The molecule has 1 aliphatic rings. The molecule has 1 N–H and O–H groups in total. The van der Waals surface area contributed by atoms with E-state index in [9.17, 15) is 4.79 Å². The average molecular weight is 298 g/mol. The minimum atomic E-state index is -0.0148. The maximum Gasteiger partial charge on any atom is 0.230 e. The molecule has 0 spiro atoms. The van der Waals surface area contributed by atoms with Crippen LogP contribution in [-0.2, 0) is 9.53 Å². The van der Waals surface area contributed by atoms with E-state index in [1.807, 2.05) is 24.3 Å². The Kier molecular flexibility index (Phi) is 4.18. The van der Waals surface area contributed by atoms with Gasteiger partial charge in [0.2, 0.25) is 5.91 Å². The van der Waals surface area contributed by atoms with Crippen molar-refractivity contribution >= 4 is 27.5 Å². The van der Waals surface area contributed by atoms with Crippen LogP contribution < -0.4 is 5.32 Å². The van der Waals surface area contributed by atoms with Gasteiger partial charge in [0.15, 0.2) is 0 Å². The molecule has 0 aliphatic carbocycles. The lowest BCUT2D eigenvalue weighted by Gasteiger charge is -2.16. The largest absolute Gasteiger partial charge is 0.377 e. The van der Waals surface area contributed by atoms with Crippen LogP contribution in [0.1, 0.15) is 19.8 Å². The zero-order valence-electron chi connectivity index (χ0n) is 9.78. The van der Waals surface area contributed by atoms with Gasteiger partial charge in [-0.25, -0.2) is 0 Å². The molecule has 3 nitrogen and oxygen atoms in total. The molecule has 4 heteroatoms. The van der Waals surface area contributed by atoms with Gasteiger partial charge in [0, 0.05) is 16.8 Å². The highest BCUT2D eigenvalue weighted by atomic mass is 79.9. The van der Waals surface area contributed by atoms with Crippen LogP contribution in [0, 0.1) is 5.92 Å². The highest BCUT2D eigenvalue weighted by Crippen LogP contribution is 2.25. The van der Waals surface area contributed by atoms with Crippen molar-refractivity contribution in [1.82, 2.24) is 0 Å². The van der Waals surface area contributed by atoms with Crippen LogP contribution in [-0.4, -0.2) is 18.6 Å². The highest BCUT2D eigenvalue weighted by Gasteiger charge is 2.32. The molecule has 1 aromatic carbocycles. The van der Waals surface area contributed by atoms with E-state index < -0.39 is 0 Å². The Morgan fingerprint density at radius 3 is 3.12 bits per heavy atom. The summed E-state index contributed by atoms with van der Waals surface area (Å²) < 4.78 is 6.49. The number of carbonyl (C=O) groups excluding carboxylic acids is 1. The Hall–Kier alpha value is -0.870. The fourth-order valence-electron chi connectivity index (χ4n) is 2.15. The minimum absolute atomic E-state index is 0.0148. The molecule has 1 amide bonds. The third kappa shape index (κ3) is 3.07. The van der Waals surface area contributed by atoms with Crippen LogP contribution in [0.25, 0.3) is 0 Å². The Balaban J connectivity index is 2.01. The third-order valence-electron chi connectivity index (χ3n) is 3.04. The molecule has 1 aromatic rings. The molecule has 1 aliphatic heterocycles. The van der Waals surface area contributed by atoms with Gasteiger partial charge in [0.05, 0.1) is 12.0 Å². The van der Waals surface area contributed by atoms with Gasteiger partial charge in [-0.05, 0) is 31.0 Å². The number of rotatable bonds is 3. The summed E-state index contributed by atoms with van der Waals surface area (Å²) in [7, 11) is 0. The van der Waals surface area contributed by atoms with E-state index in [4.69, 9.17) is 4.74 Å². The fraction of sp³-hybridized carbons (Fsp3) is 0.462. The number of hydrogen-bond donors (Lipinski definition) is 1. The zero-order chi connectivity index (χ0) is 12.3. The molecular weight excluding hydrogens is 282 g/mol. The second kappa shape index (κ2) is 5.65. The van der Waals surface area contributed by atoms with Gasteiger partial charge in [-0.3, -0.25) is 4.79 Å². The van der Waals surface area contributed by atoms with Crippen LogP contribution in [0.5, 0.6) is 0 Å². The first-order valence-electron chi connectivity index (χ1n) is 5.88. The van der Waals surface area contributed by atoms with Crippen LogP contribution >= 0.6 is 15.9 Å². The van der Waals surface area contributed by atoms with Gasteiger partial charge in [0.25, 0.3) is 0 Å². The lowest BCUT2D eigenvalue weighted by atomic mass is 9.98. The van der Waals surface area contributed by atoms with Crippen LogP contribution in [0.2, 0.25) is 0 Å². The standard InChI is InChI=1S/C13H16BrNO2/c1-2-12-11(6-7-17-12)13(16)15-10-5-3-4-9(14)8-10/h3-5,8,11-12H,2,6-7H2,1H3,(H,15,16). The van der Waals surface area contributed by atoms with E-state index >= 15 is 0 Å². The Morgan fingerprint density at radius 1 is 1.59 bits per heavy atom. The molecule has 92 valence electrons. The van der Waals surface area contributed by atoms with Crippen molar-refractivity contribution in [3.8, 4) is 0 Å². The number of halogens is 1. The first-order chi connectivity index (χ1) is 8.20. The second-order valence-corrected chi connectivity index (χ2v) is 5.13. The monoisotopic (exact) mass is 297 g/mol. The number of carbonyl (C=O) groups is 1. The summed E-state index contributed by atoms with van der Waals surface area (Å²) in [6, 6.07) is 7.62. The van der Waals surface area contributed by atoms with Crippen molar-refractivity contribution in [1.29, 1.82) is 0 Å². The second-order valence-electron chi connectivity index (χ2n) is 4.21. The molecular formula is C13H16BrNO2. The van der Waals surface area contributed by atoms with Crippen LogP contribution in [0.4, 0.5) is 5.69 Å². The van der Waals surface area contributed by atoms with Crippen LogP contribution in [0.15, 0.2) is 28.7 Å². The quantitative estimate of drug-likeness (QED) is 0.930. The van der Waals surface area contributed by atoms with E-state index in [0.717, 1.165) is 23.0 Å². The summed E-state index contributed by atoms with van der Waals surface area (Å²) in [4.78, 5) is 12.1. The van der Waals surface area contributed by atoms with Gasteiger partial charge in [0.1, 0.15) is 0 Å². The van der Waals surface area contributed by atoms with Gasteiger partial charge in [-0.15, -0.1) is 0 Å². The predicted molar refractivity (Wildman–Crippen MR) is 70.9 cm³/mol. The summed E-state index contributed by atoms with van der Waals surface area (Å²) in [5.41, 5.74) is 0.825. The predicted octanol–water partition coefficient (Wildman–Crippen LogP) is 3.20. The van der Waals surface area contributed by atoms with Gasteiger partial charge < -0.3 is 10.1 Å². The molecule has 2 rings (SSSR count). The van der Waals surface area contributed by atoms with E-state index in [2.05, 4.69) is 28.2 Å². The molecule has 0 saturated carbocycles. The smallest absolute Gasteiger partial charge is 0.230 e. The molecule has 1 heterocycles. The first kappa shape index (κ1) is 12.6. The lowest BCUT2D eigenvalue weighted by Crippen LogP contribution is -2.29. The molecule has 17 heavy (non-hydrogen) atoms. The number of amides is 1. The van der Waals surface area contributed by atoms with E-state index in [1.54, 1.807) is 0 Å². The summed E-state index contributed by atoms with van der Waals surface area (Å²) in [6.45, 7) is 2.74. The average Bonchev–Trinajstić information content (AvgIpc) is 2.77. The maximum atomic E-state index is 12.1. The van der Waals surface area contributed by atoms with E-state index in [1.165, 1.54) is 0 Å². The summed E-state index contributed by atoms with van der Waals surface area (Å²) in [5, 5.41) is 2.94. The van der Waals surface area contributed by atoms with Gasteiger partial charge in [-0.2, -0.15) is 0 Å². The number of anilines is 1. The molecule has 0 radical (unpaired) electrons. The maximum absolute atomic E-state index is 12.1. The number of ether oxygens (including phenoxy) is 1. The van der Waals surface area contributed by atoms with E-state index in [0.29, 0.717) is 6.61 Å². The Bertz CT molecular complexity index is 408. The summed E-state index contributed by atoms with van der Waals surface area (Å²) in [6.07, 6.45) is 1.77. The normalized spacial score (nSPS) is 23.6. The Labute approximate surface area is 110 Å².